The number of fused-ring (bicyclic) bond motifs is 1. The highest BCUT2D eigenvalue weighted by atomic mass is 16.5. The lowest BCUT2D eigenvalue weighted by Crippen LogP contribution is -2.43. The molecular formula is C14H14N2O2. The van der Waals surface area contributed by atoms with Crippen LogP contribution < -0.4 is 4.74 Å². The number of benzene rings is 1. The number of amides is 1. The van der Waals surface area contributed by atoms with E-state index in [0.717, 1.165) is 24.2 Å². The summed E-state index contributed by atoms with van der Waals surface area (Å²) in [6.45, 7) is 0.674. The summed E-state index contributed by atoms with van der Waals surface area (Å²) in [5.41, 5.74) is 1.07. The van der Waals surface area contributed by atoms with Gasteiger partial charge in [-0.3, -0.25) is 4.79 Å². The quantitative estimate of drug-likeness (QED) is 0.750. The second-order valence-electron chi connectivity index (χ2n) is 4.74. The molecule has 1 amide bonds. The summed E-state index contributed by atoms with van der Waals surface area (Å²) in [7, 11) is 0. The van der Waals surface area contributed by atoms with Crippen LogP contribution >= 0.6 is 0 Å². The first-order chi connectivity index (χ1) is 8.79. The standard InChI is InChI=1S/C14H14N2O2/c15-9-11-5-3-7-16(11)14(17)13-8-10-4-1-2-6-12(10)18-13/h1-2,4,6,11,13H,3,5,7-8H2. The molecule has 1 aromatic carbocycles. The largest absolute Gasteiger partial charge is 0.480 e. The molecule has 2 aliphatic heterocycles. The average Bonchev–Trinajstić information content (AvgIpc) is 3.03. The van der Waals surface area contributed by atoms with E-state index in [1.165, 1.54) is 0 Å². The van der Waals surface area contributed by atoms with Crippen molar-refractivity contribution in [3.05, 3.63) is 29.8 Å². The Morgan fingerprint density at radius 1 is 1.44 bits per heavy atom. The maximum atomic E-state index is 12.3. The molecule has 0 aromatic heterocycles. The second kappa shape index (κ2) is 4.34. The van der Waals surface area contributed by atoms with Gasteiger partial charge in [-0.2, -0.15) is 5.26 Å². The number of ether oxygens (including phenoxy) is 1. The minimum Gasteiger partial charge on any atom is -0.480 e. The number of para-hydroxylation sites is 1. The van der Waals surface area contributed by atoms with Crippen LogP contribution in [0.5, 0.6) is 5.75 Å². The third-order valence-electron chi connectivity index (χ3n) is 3.61. The van der Waals surface area contributed by atoms with E-state index in [1.54, 1.807) is 4.90 Å². The average molecular weight is 242 g/mol. The fraction of sp³-hybridized carbons (Fsp3) is 0.429. The van der Waals surface area contributed by atoms with Crippen LogP contribution in [0.25, 0.3) is 0 Å². The molecule has 0 spiro atoms. The molecule has 1 saturated heterocycles. The van der Waals surface area contributed by atoms with Gasteiger partial charge in [0.05, 0.1) is 6.07 Å². The highest BCUT2D eigenvalue weighted by molar-refractivity contribution is 5.83. The smallest absolute Gasteiger partial charge is 0.265 e. The van der Waals surface area contributed by atoms with Crippen molar-refractivity contribution in [3.63, 3.8) is 0 Å². The summed E-state index contributed by atoms with van der Waals surface area (Å²) in [4.78, 5) is 14.0. The molecule has 2 heterocycles. The zero-order chi connectivity index (χ0) is 12.5. The maximum absolute atomic E-state index is 12.3. The summed E-state index contributed by atoms with van der Waals surface area (Å²) >= 11 is 0. The Balaban J connectivity index is 1.75. The summed E-state index contributed by atoms with van der Waals surface area (Å²) in [5, 5.41) is 9.02. The summed E-state index contributed by atoms with van der Waals surface area (Å²) in [6, 6.07) is 9.63. The molecule has 3 rings (SSSR count). The molecule has 4 heteroatoms. The highest BCUT2D eigenvalue weighted by Gasteiger charge is 2.37. The van der Waals surface area contributed by atoms with Crippen molar-refractivity contribution in [2.45, 2.75) is 31.4 Å². The van der Waals surface area contributed by atoms with E-state index < -0.39 is 6.10 Å². The summed E-state index contributed by atoms with van der Waals surface area (Å²) in [5.74, 6) is 0.749. The minimum absolute atomic E-state index is 0.0461. The molecule has 4 nitrogen and oxygen atoms in total. The lowest BCUT2D eigenvalue weighted by molar-refractivity contribution is -0.137. The van der Waals surface area contributed by atoms with Crippen LogP contribution in [0.2, 0.25) is 0 Å². The number of rotatable bonds is 1. The van der Waals surface area contributed by atoms with Crippen molar-refractivity contribution in [2.24, 2.45) is 0 Å². The van der Waals surface area contributed by atoms with Crippen LogP contribution in [-0.2, 0) is 11.2 Å². The molecular weight excluding hydrogens is 228 g/mol. The van der Waals surface area contributed by atoms with E-state index in [1.807, 2.05) is 24.3 Å². The SMILES string of the molecule is N#CC1CCCN1C(=O)C1Cc2ccccc2O1. The van der Waals surface area contributed by atoms with Gasteiger partial charge in [0.1, 0.15) is 11.8 Å². The monoisotopic (exact) mass is 242 g/mol. The normalized spacial score (nSPS) is 25.4. The van der Waals surface area contributed by atoms with Crippen LogP contribution in [0, 0.1) is 11.3 Å². The van der Waals surface area contributed by atoms with Gasteiger partial charge in [-0.15, -0.1) is 0 Å². The van der Waals surface area contributed by atoms with Gasteiger partial charge in [-0.1, -0.05) is 18.2 Å². The highest BCUT2D eigenvalue weighted by Crippen LogP contribution is 2.30. The molecule has 0 bridgehead atoms. The lowest BCUT2D eigenvalue weighted by Gasteiger charge is -2.22. The number of hydrogen-bond acceptors (Lipinski definition) is 3. The first-order valence-electron chi connectivity index (χ1n) is 6.24. The number of nitrogens with zero attached hydrogens (tertiary/aromatic N) is 2. The molecule has 0 radical (unpaired) electrons. The molecule has 1 fully saturated rings. The Kier molecular flexibility index (Phi) is 2.67. The Hall–Kier alpha value is -2.02. The van der Waals surface area contributed by atoms with Gasteiger partial charge >= 0.3 is 0 Å². The molecule has 0 saturated carbocycles. The Morgan fingerprint density at radius 2 is 2.28 bits per heavy atom. The molecule has 18 heavy (non-hydrogen) atoms. The molecule has 1 aromatic rings. The van der Waals surface area contributed by atoms with Gasteiger partial charge in [-0.05, 0) is 24.5 Å². The van der Waals surface area contributed by atoms with Gasteiger partial charge in [0, 0.05) is 13.0 Å². The number of likely N-dealkylation sites (tertiary alicyclic amines) is 1. The van der Waals surface area contributed by atoms with Crippen molar-refractivity contribution in [2.75, 3.05) is 6.54 Å². The topological polar surface area (TPSA) is 53.3 Å². The van der Waals surface area contributed by atoms with Gasteiger partial charge < -0.3 is 9.64 Å². The first kappa shape index (κ1) is 11.1. The van der Waals surface area contributed by atoms with Crippen LogP contribution in [0.1, 0.15) is 18.4 Å². The van der Waals surface area contributed by atoms with Crippen molar-refractivity contribution in [3.8, 4) is 11.8 Å². The molecule has 2 atom stereocenters. The van der Waals surface area contributed by atoms with Crippen molar-refractivity contribution >= 4 is 5.91 Å². The van der Waals surface area contributed by atoms with Crippen LogP contribution in [0.15, 0.2) is 24.3 Å². The zero-order valence-corrected chi connectivity index (χ0v) is 10.0. The van der Waals surface area contributed by atoms with Crippen molar-refractivity contribution < 1.29 is 9.53 Å². The third kappa shape index (κ3) is 1.72. The fourth-order valence-electron chi connectivity index (χ4n) is 2.67. The van der Waals surface area contributed by atoms with Gasteiger partial charge in [0.25, 0.3) is 5.91 Å². The summed E-state index contributed by atoms with van der Waals surface area (Å²) < 4.78 is 5.67. The predicted octanol–water partition coefficient (Wildman–Crippen LogP) is 1.50. The van der Waals surface area contributed by atoms with E-state index in [-0.39, 0.29) is 11.9 Å². The van der Waals surface area contributed by atoms with E-state index in [9.17, 15) is 4.79 Å². The number of carbonyl (C=O) groups is 1. The van der Waals surface area contributed by atoms with Crippen molar-refractivity contribution in [1.82, 2.24) is 4.90 Å². The molecule has 0 aliphatic carbocycles. The van der Waals surface area contributed by atoms with Gasteiger partial charge in [0.2, 0.25) is 0 Å². The lowest BCUT2D eigenvalue weighted by atomic mass is 10.1. The second-order valence-corrected chi connectivity index (χ2v) is 4.74. The number of carbonyl (C=O) groups excluding carboxylic acids is 1. The van der Waals surface area contributed by atoms with E-state index >= 15 is 0 Å². The molecule has 92 valence electrons. The first-order valence-corrected chi connectivity index (χ1v) is 6.24. The van der Waals surface area contributed by atoms with Crippen LogP contribution in [0.3, 0.4) is 0 Å². The van der Waals surface area contributed by atoms with Crippen molar-refractivity contribution in [1.29, 1.82) is 5.26 Å². The Morgan fingerprint density at radius 3 is 3.06 bits per heavy atom. The fourth-order valence-corrected chi connectivity index (χ4v) is 2.67. The zero-order valence-electron chi connectivity index (χ0n) is 10.0. The molecule has 2 aliphatic rings. The van der Waals surface area contributed by atoms with Crippen LogP contribution in [-0.4, -0.2) is 29.5 Å². The Bertz CT molecular complexity index is 496. The van der Waals surface area contributed by atoms with E-state index in [0.29, 0.717) is 13.0 Å². The van der Waals surface area contributed by atoms with Crippen LogP contribution in [0.4, 0.5) is 0 Å². The van der Waals surface area contributed by atoms with Gasteiger partial charge in [-0.25, -0.2) is 0 Å². The van der Waals surface area contributed by atoms with Gasteiger partial charge in [0.15, 0.2) is 6.10 Å². The molecule has 0 N–H and O–H groups in total. The molecule has 2 unspecified atom stereocenters. The third-order valence-corrected chi connectivity index (χ3v) is 3.61. The maximum Gasteiger partial charge on any atom is 0.265 e. The van der Waals surface area contributed by atoms with E-state index in [4.69, 9.17) is 10.00 Å². The summed E-state index contributed by atoms with van der Waals surface area (Å²) in [6.07, 6.45) is 1.85. The van der Waals surface area contributed by atoms with E-state index in [2.05, 4.69) is 6.07 Å². The number of hydrogen-bond donors (Lipinski definition) is 0. The Labute approximate surface area is 106 Å². The number of nitriles is 1. The predicted molar refractivity (Wildman–Crippen MR) is 64.9 cm³/mol. The minimum atomic E-state index is -0.448.